The first-order valence-corrected chi connectivity index (χ1v) is 9.13. The zero-order chi connectivity index (χ0) is 20.0. The molecular formula is C19H20F3N5O. The molecule has 2 aromatic heterocycles. The summed E-state index contributed by atoms with van der Waals surface area (Å²) in [5.41, 5.74) is 6.69. The van der Waals surface area contributed by atoms with Crippen LogP contribution in [0, 0.1) is 18.8 Å². The third-order valence-electron chi connectivity index (χ3n) is 5.49. The molecule has 3 N–H and O–H groups in total. The van der Waals surface area contributed by atoms with Crippen LogP contribution in [-0.4, -0.2) is 34.1 Å². The van der Waals surface area contributed by atoms with E-state index in [0.717, 1.165) is 0 Å². The van der Waals surface area contributed by atoms with Crippen LogP contribution < -0.4 is 16.2 Å². The monoisotopic (exact) mass is 391 g/mol. The molecule has 0 radical (unpaired) electrons. The topological polar surface area (TPSA) is 87.9 Å². The normalized spacial score (nSPS) is 26.0. The van der Waals surface area contributed by atoms with Crippen molar-refractivity contribution in [1.82, 2.24) is 15.0 Å². The van der Waals surface area contributed by atoms with Gasteiger partial charge in [-0.3, -0.25) is 4.79 Å². The van der Waals surface area contributed by atoms with E-state index in [4.69, 9.17) is 5.73 Å². The van der Waals surface area contributed by atoms with Crippen LogP contribution in [0.2, 0.25) is 0 Å². The SMILES string of the molecule is Cc1nc2ccc(N3CC[C@H](C4CC(F)=C(F)C=C4F)C(N)C3)nc2c(=O)[nH]1. The molecular weight excluding hydrogens is 371 g/mol. The Balaban J connectivity index is 1.54. The maximum absolute atomic E-state index is 14.2. The standard InChI is InChI=1S/C19H20F3N5O/c1-9-24-16-2-3-17(26-18(16)19(28)25-9)27-5-4-10(15(23)8-27)11-6-13(21)14(22)7-12(11)20/h2-3,7,10-11,15H,4-6,8,23H2,1H3,(H,24,25,28)/t10-,11?,15?/m1/s1. The highest BCUT2D eigenvalue weighted by molar-refractivity contribution is 5.75. The number of hydrogen-bond acceptors (Lipinski definition) is 5. The lowest BCUT2D eigenvalue weighted by Crippen LogP contribution is -2.51. The number of H-pyrrole nitrogens is 1. The lowest BCUT2D eigenvalue weighted by Gasteiger charge is -2.41. The molecule has 3 heterocycles. The van der Waals surface area contributed by atoms with Crippen LogP contribution in [0.3, 0.4) is 0 Å². The largest absolute Gasteiger partial charge is 0.355 e. The molecule has 1 fully saturated rings. The van der Waals surface area contributed by atoms with Gasteiger partial charge in [-0.1, -0.05) is 0 Å². The highest BCUT2D eigenvalue weighted by atomic mass is 19.2. The van der Waals surface area contributed by atoms with Crippen LogP contribution in [0.4, 0.5) is 19.0 Å². The Bertz CT molecular complexity index is 1050. The Morgan fingerprint density at radius 2 is 2.04 bits per heavy atom. The number of aryl methyl sites for hydroxylation is 1. The summed E-state index contributed by atoms with van der Waals surface area (Å²) in [4.78, 5) is 25.3. The summed E-state index contributed by atoms with van der Waals surface area (Å²) >= 11 is 0. The Morgan fingerprint density at radius 1 is 1.25 bits per heavy atom. The fourth-order valence-electron chi connectivity index (χ4n) is 4.07. The molecule has 0 saturated carbocycles. The van der Waals surface area contributed by atoms with Crippen LogP contribution >= 0.6 is 0 Å². The lowest BCUT2D eigenvalue weighted by molar-refractivity contribution is 0.225. The number of allylic oxidation sites excluding steroid dienone is 4. The average molecular weight is 391 g/mol. The summed E-state index contributed by atoms with van der Waals surface area (Å²) in [5, 5.41) is 0. The summed E-state index contributed by atoms with van der Waals surface area (Å²) in [6.45, 7) is 2.59. The second-order valence-electron chi connectivity index (χ2n) is 7.34. The van der Waals surface area contributed by atoms with Gasteiger partial charge in [-0.25, -0.2) is 23.1 Å². The van der Waals surface area contributed by atoms with E-state index in [0.29, 0.717) is 42.7 Å². The van der Waals surface area contributed by atoms with Gasteiger partial charge in [0.05, 0.1) is 5.52 Å². The van der Waals surface area contributed by atoms with E-state index in [-0.39, 0.29) is 23.4 Å². The molecule has 6 nitrogen and oxygen atoms in total. The third-order valence-corrected chi connectivity index (χ3v) is 5.49. The molecule has 9 heteroatoms. The van der Waals surface area contributed by atoms with Crippen molar-refractivity contribution in [2.75, 3.05) is 18.0 Å². The zero-order valence-corrected chi connectivity index (χ0v) is 15.3. The number of fused-ring (bicyclic) bond motifs is 1. The van der Waals surface area contributed by atoms with E-state index in [2.05, 4.69) is 15.0 Å². The minimum absolute atomic E-state index is 0.239. The molecule has 1 aliphatic heterocycles. The number of nitrogens with zero attached hydrogens (tertiary/aromatic N) is 3. The molecule has 148 valence electrons. The fourth-order valence-corrected chi connectivity index (χ4v) is 4.07. The first-order chi connectivity index (χ1) is 13.3. The highest BCUT2D eigenvalue weighted by Gasteiger charge is 2.38. The number of pyridine rings is 1. The molecule has 1 saturated heterocycles. The second kappa shape index (κ2) is 7.05. The predicted octanol–water partition coefficient (Wildman–Crippen LogP) is 2.80. The van der Waals surface area contributed by atoms with Crippen LogP contribution in [-0.2, 0) is 0 Å². The predicted molar refractivity (Wildman–Crippen MR) is 99.7 cm³/mol. The van der Waals surface area contributed by atoms with Crippen molar-refractivity contribution in [2.45, 2.75) is 25.8 Å². The number of nitrogens with two attached hydrogens (primary N) is 1. The number of rotatable bonds is 2. The van der Waals surface area contributed by atoms with Gasteiger partial charge in [-0.15, -0.1) is 0 Å². The van der Waals surface area contributed by atoms with Crippen LogP contribution in [0.1, 0.15) is 18.7 Å². The maximum atomic E-state index is 14.2. The van der Waals surface area contributed by atoms with Gasteiger partial charge in [-0.2, -0.15) is 0 Å². The summed E-state index contributed by atoms with van der Waals surface area (Å²) < 4.78 is 41.1. The summed E-state index contributed by atoms with van der Waals surface area (Å²) in [6, 6.07) is 3.04. The molecule has 2 unspecified atom stereocenters. The van der Waals surface area contributed by atoms with Crippen molar-refractivity contribution in [2.24, 2.45) is 17.6 Å². The Hall–Kier alpha value is -2.68. The zero-order valence-electron chi connectivity index (χ0n) is 15.3. The van der Waals surface area contributed by atoms with Gasteiger partial charge in [0.25, 0.3) is 5.56 Å². The fraction of sp³-hybridized carbons (Fsp3) is 0.421. The third kappa shape index (κ3) is 3.30. The van der Waals surface area contributed by atoms with Crippen LogP contribution in [0.15, 0.2) is 40.5 Å². The Labute approximate surface area is 159 Å². The van der Waals surface area contributed by atoms with Crippen molar-refractivity contribution >= 4 is 16.9 Å². The molecule has 2 aliphatic rings. The number of piperidine rings is 1. The number of aromatic nitrogens is 3. The van der Waals surface area contributed by atoms with Gasteiger partial charge in [0.2, 0.25) is 0 Å². The van der Waals surface area contributed by atoms with Crippen molar-refractivity contribution in [1.29, 1.82) is 0 Å². The lowest BCUT2D eigenvalue weighted by atomic mass is 9.77. The second-order valence-corrected chi connectivity index (χ2v) is 7.34. The van der Waals surface area contributed by atoms with E-state index in [9.17, 15) is 18.0 Å². The number of anilines is 1. The van der Waals surface area contributed by atoms with Gasteiger partial charge in [0.1, 0.15) is 23.3 Å². The quantitative estimate of drug-likeness (QED) is 0.822. The van der Waals surface area contributed by atoms with Gasteiger partial charge in [0.15, 0.2) is 11.3 Å². The first-order valence-electron chi connectivity index (χ1n) is 9.13. The molecule has 3 atom stereocenters. The number of hydrogen-bond donors (Lipinski definition) is 2. The molecule has 0 amide bonds. The number of halogens is 3. The van der Waals surface area contributed by atoms with Gasteiger partial charge in [-0.05, 0) is 31.4 Å². The molecule has 0 bridgehead atoms. The maximum Gasteiger partial charge on any atom is 0.277 e. The summed E-state index contributed by atoms with van der Waals surface area (Å²) in [7, 11) is 0. The summed E-state index contributed by atoms with van der Waals surface area (Å²) in [6.07, 6.45) is 0.820. The van der Waals surface area contributed by atoms with E-state index in [1.54, 1.807) is 19.1 Å². The number of aromatic amines is 1. The molecule has 28 heavy (non-hydrogen) atoms. The molecule has 4 rings (SSSR count). The highest BCUT2D eigenvalue weighted by Crippen LogP contribution is 2.40. The van der Waals surface area contributed by atoms with Crippen molar-refractivity contribution in [3.05, 3.63) is 51.9 Å². The van der Waals surface area contributed by atoms with Crippen LogP contribution in [0.25, 0.3) is 11.0 Å². The molecule has 0 aromatic carbocycles. The minimum atomic E-state index is -1.14. The van der Waals surface area contributed by atoms with Gasteiger partial charge >= 0.3 is 0 Å². The van der Waals surface area contributed by atoms with Crippen LogP contribution in [0.5, 0.6) is 0 Å². The smallest absolute Gasteiger partial charge is 0.277 e. The van der Waals surface area contributed by atoms with E-state index in [1.807, 2.05) is 4.90 Å². The van der Waals surface area contributed by atoms with Gasteiger partial charge < -0.3 is 15.6 Å². The van der Waals surface area contributed by atoms with E-state index >= 15 is 0 Å². The molecule has 2 aromatic rings. The Kier molecular flexibility index (Phi) is 4.70. The molecule has 1 aliphatic carbocycles. The van der Waals surface area contributed by atoms with Crippen molar-refractivity contribution in [3.8, 4) is 0 Å². The van der Waals surface area contributed by atoms with Gasteiger partial charge in [0, 0.05) is 37.5 Å². The van der Waals surface area contributed by atoms with E-state index in [1.165, 1.54) is 0 Å². The average Bonchev–Trinajstić information content (AvgIpc) is 2.64. The van der Waals surface area contributed by atoms with Crippen molar-refractivity contribution < 1.29 is 13.2 Å². The van der Waals surface area contributed by atoms with E-state index < -0.39 is 29.4 Å². The first kappa shape index (κ1) is 18.7. The molecule has 0 spiro atoms. The minimum Gasteiger partial charge on any atom is -0.355 e. The summed E-state index contributed by atoms with van der Waals surface area (Å²) in [5.74, 6) is -2.71. The number of nitrogens with one attached hydrogen (secondary N) is 1. The Morgan fingerprint density at radius 3 is 2.79 bits per heavy atom. The van der Waals surface area contributed by atoms with Crippen molar-refractivity contribution in [3.63, 3.8) is 0 Å².